The lowest BCUT2D eigenvalue weighted by Crippen LogP contribution is -2.24. The number of nitrogens with zero attached hydrogens (tertiary/aromatic N) is 2. The van der Waals surface area contributed by atoms with Crippen molar-refractivity contribution in [2.45, 2.75) is 6.54 Å². The maximum atomic E-state index is 11.3. The van der Waals surface area contributed by atoms with Crippen LogP contribution in [0.25, 0.3) is 11.0 Å². The zero-order valence-electron chi connectivity index (χ0n) is 8.40. The molecule has 0 aliphatic heterocycles. The molecule has 0 aliphatic carbocycles. The molecule has 15 heavy (non-hydrogen) atoms. The Morgan fingerprint density at radius 3 is 3.00 bits per heavy atom. The number of nitrogen functional groups attached to an aromatic ring is 1. The molecule has 0 aliphatic rings. The van der Waals surface area contributed by atoms with Crippen LogP contribution in [0.15, 0.2) is 24.3 Å². The molecule has 0 saturated carbocycles. The lowest BCUT2D eigenvalue weighted by molar-refractivity contribution is -0.121. The molecule has 0 fully saturated rings. The summed E-state index contributed by atoms with van der Waals surface area (Å²) in [6, 6.07) is 7.54. The number of hydrogen-bond acceptors (Lipinski definition) is 3. The topological polar surface area (TPSA) is 72.9 Å². The minimum atomic E-state index is -0.0927. The first kappa shape index (κ1) is 9.51. The van der Waals surface area contributed by atoms with Crippen LogP contribution in [0.3, 0.4) is 0 Å². The Labute approximate surface area is 86.9 Å². The normalized spacial score (nSPS) is 10.5. The van der Waals surface area contributed by atoms with E-state index in [9.17, 15) is 4.79 Å². The fourth-order valence-electron chi connectivity index (χ4n) is 1.48. The predicted molar refractivity (Wildman–Crippen MR) is 58.2 cm³/mol. The highest BCUT2D eigenvalue weighted by molar-refractivity contribution is 5.82. The number of aromatic nitrogens is 2. The van der Waals surface area contributed by atoms with Crippen LogP contribution in [0.2, 0.25) is 0 Å². The van der Waals surface area contributed by atoms with Crippen LogP contribution < -0.4 is 11.1 Å². The Balaban J connectivity index is 2.49. The summed E-state index contributed by atoms with van der Waals surface area (Å²) in [6.07, 6.45) is 0. The van der Waals surface area contributed by atoms with Crippen molar-refractivity contribution in [3.05, 3.63) is 24.3 Å². The summed E-state index contributed by atoms with van der Waals surface area (Å²) in [5.74, 6) is 0.268. The van der Waals surface area contributed by atoms with Gasteiger partial charge in [0.2, 0.25) is 11.9 Å². The second-order valence-electron chi connectivity index (χ2n) is 3.22. The summed E-state index contributed by atoms with van der Waals surface area (Å²) >= 11 is 0. The molecular formula is C10H12N4O. The van der Waals surface area contributed by atoms with E-state index in [1.54, 1.807) is 11.6 Å². The third-order valence-corrected chi connectivity index (χ3v) is 2.26. The van der Waals surface area contributed by atoms with Gasteiger partial charge in [-0.25, -0.2) is 4.98 Å². The van der Waals surface area contributed by atoms with Crippen molar-refractivity contribution in [1.82, 2.24) is 14.9 Å². The number of carbonyl (C=O) groups is 1. The second-order valence-corrected chi connectivity index (χ2v) is 3.22. The molecule has 5 nitrogen and oxygen atoms in total. The first-order valence-electron chi connectivity index (χ1n) is 4.63. The van der Waals surface area contributed by atoms with Crippen LogP contribution in [-0.4, -0.2) is 22.5 Å². The minimum Gasteiger partial charge on any atom is -0.369 e. The highest BCUT2D eigenvalue weighted by Gasteiger charge is 2.09. The van der Waals surface area contributed by atoms with Crippen molar-refractivity contribution >= 4 is 22.9 Å². The highest BCUT2D eigenvalue weighted by atomic mass is 16.1. The zero-order chi connectivity index (χ0) is 10.8. The second kappa shape index (κ2) is 3.61. The van der Waals surface area contributed by atoms with Gasteiger partial charge in [-0.2, -0.15) is 0 Å². The van der Waals surface area contributed by atoms with Crippen LogP contribution in [0.5, 0.6) is 0 Å². The Morgan fingerprint density at radius 2 is 2.27 bits per heavy atom. The van der Waals surface area contributed by atoms with E-state index in [1.807, 2.05) is 24.3 Å². The smallest absolute Gasteiger partial charge is 0.239 e. The Bertz CT molecular complexity index is 503. The van der Waals surface area contributed by atoms with Crippen LogP contribution in [-0.2, 0) is 11.3 Å². The van der Waals surface area contributed by atoms with Gasteiger partial charge in [-0.1, -0.05) is 12.1 Å². The first-order chi connectivity index (χ1) is 7.22. The van der Waals surface area contributed by atoms with Crippen molar-refractivity contribution in [3.63, 3.8) is 0 Å². The quantitative estimate of drug-likeness (QED) is 0.742. The zero-order valence-corrected chi connectivity index (χ0v) is 8.40. The van der Waals surface area contributed by atoms with Crippen LogP contribution in [0.4, 0.5) is 5.95 Å². The molecule has 5 heteroatoms. The van der Waals surface area contributed by atoms with E-state index in [2.05, 4.69) is 10.3 Å². The lowest BCUT2D eigenvalue weighted by atomic mass is 10.3. The number of fused-ring (bicyclic) bond motifs is 1. The Morgan fingerprint density at radius 1 is 1.53 bits per heavy atom. The number of nitrogens with one attached hydrogen (secondary N) is 1. The molecule has 3 N–H and O–H groups in total. The number of nitrogens with two attached hydrogens (primary N) is 1. The minimum absolute atomic E-state index is 0.0927. The molecule has 0 saturated heterocycles. The summed E-state index contributed by atoms with van der Waals surface area (Å²) in [7, 11) is 1.59. The maximum absolute atomic E-state index is 11.3. The SMILES string of the molecule is CNC(=O)Cn1c(N)nc2ccccc21. The first-order valence-corrected chi connectivity index (χ1v) is 4.63. The van der Waals surface area contributed by atoms with Gasteiger partial charge in [0.25, 0.3) is 0 Å². The van der Waals surface area contributed by atoms with Gasteiger partial charge in [-0.15, -0.1) is 0 Å². The summed E-state index contributed by atoms with van der Waals surface area (Å²) in [5, 5.41) is 2.55. The molecule has 0 radical (unpaired) electrons. The number of likely N-dealkylation sites (N-methyl/N-ethyl adjacent to an activating group) is 1. The number of carbonyl (C=O) groups excluding carboxylic acids is 1. The number of para-hydroxylation sites is 2. The van der Waals surface area contributed by atoms with E-state index in [0.717, 1.165) is 11.0 Å². The third kappa shape index (κ3) is 1.63. The number of hydrogen-bond donors (Lipinski definition) is 2. The third-order valence-electron chi connectivity index (χ3n) is 2.26. The number of rotatable bonds is 2. The Hall–Kier alpha value is -2.04. The molecule has 2 aromatic rings. The fourth-order valence-corrected chi connectivity index (χ4v) is 1.48. The van der Waals surface area contributed by atoms with Crippen molar-refractivity contribution in [3.8, 4) is 0 Å². The predicted octanol–water partition coefficient (Wildman–Crippen LogP) is 0.364. The van der Waals surface area contributed by atoms with Crippen molar-refractivity contribution in [1.29, 1.82) is 0 Å². The molecule has 1 aromatic carbocycles. The van der Waals surface area contributed by atoms with Crippen molar-refractivity contribution in [2.75, 3.05) is 12.8 Å². The van der Waals surface area contributed by atoms with Gasteiger partial charge in [0, 0.05) is 7.05 Å². The molecule has 1 amide bonds. The maximum Gasteiger partial charge on any atom is 0.239 e. The van der Waals surface area contributed by atoms with E-state index >= 15 is 0 Å². The van der Waals surface area contributed by atoms with Crippen LogP contribution in [0, 0.1) is 0 Å². The average Bonchev–Trinajstić information content (AvgIpc) is 2.55. The van der Waals surface area contributed by atoms with E-state index < -0.39 is 0 Å². The number of imidazole rings is 1. The van der Waals surface area contributed by atoms with Crippen LogP contribution in [0.1, 0.15) is 0 Å². The van der Waals surface area contributed by atoms with Crippen LogP contribution >= 0.6 is 0 Å². The van der Waals surface area contributed by atoms with E-state index in [1.165, 1.54) is 0 Å². The van der Waals surface area contributed by atoms with Crippen molar-refractivity contribution < 1.29 is 4.79 Å². The van der Waals surface area contributed by atoms with Gasteiger partial charge in [-0.3, -0.25) is 4.79 Å². The lowest BCUT2D eigenvalue weighted by Gasteiger charge is -2.04. The molecule has 0 atom stereocenters. The van der Waals surface area contributed by atoms with E-state index in [-0.39, 0.29) is 12.5 Å². The van der Waals surface area contributed by atoms with E-state index in [0.29, 0.717) is 5.95 Å². The largest absolute Gasteiger partial charge is 0.369 e. The van der Waals surface area contributed by atoms with Gasteiger partial charge < -0.3 is 15.6 Å². The van der Waals surface area contributed by atoms with Gasteiger partial charge in [0.05, 0.1) is 11.0 Å². The van der Waals surface area contributed by atoms with Gasteiger partial charge in [-0.05, 0) is 12.1 Å². The molecule has 1 aromatic heterocycles. The average molecular weight is 204 g/mol. The van der Waals surface area contributed by atoms with Gasteiger partial charge in [0.15, 0.2) is 0 Å². The summed E-state index contributed by atoms with van der Waals surface area (Å²) in [5.41, 5.74) is 7.41. The molecule has 0 spiro atoms. The summed E-state index contributed by atoms with van der Waals surface area (Å²) in [4.78, 5) is 15.4. The molecule has 78 valence electrons. The van der Waals surface area contributed by atoms with E-state index in [4.69, 9.17) is 5.73 Å². The Kier molecular flexibility index (Phi) is 2.29. The summed E-state index contributed by atoms with van der Waals surface area (Å²) < 4.78 is 1.69. The highest BCUT2D eigenvalue weighted by Crippen LogP contribution is 2.16. The molecule has 1 heterocycles. The molecule has 0 unspecified atom stereocenters. The number of benzene rings is 1. The monoisotopic (exact) mass is 204 g/mol. The molecular weight excluding hydrogens is 192 g/mol. The van der Waals surface area contributed by atoms with Gasteiger partial charge in [0.1, 0.15) is 6.54 Å². The standard InChI is InChI=1S/C10H12N4O/c1-12-9(15)6-14-8-5-3-2-4-7(8)13-10(14)11/h2-5H,6H2,1H3,(H2,11,13)(H,12,15). The van der Waals surface area contributed by atoms with Gasteiger partial charge >= 0.3 is 0 Å². The number of amides is 1. The molecule has 0 bridgehead atoms. The fraction of sp³-hybridized carbons (Fsp3) is 0.200. The van der Waals surface area contributed by atoms with Crippen molar-refractivity contribution in [2.24, 2.45) is 0 Å². The summed E-state index contributed by atoms with van der Waals surface area (Å²) in [6.45, 7) is 0.197. The molecule has 2 rings (SSSR count). The number of anilines is 1.